The number of benzene rings is 2. The molecule has 4 nitrogen and oxygen atoms in total. The van der Waals surface area contributed by atoms with E-state index in [0.717, 1.165) is 32.6 Å². The van der Waals surface area contributed by atoms with Crippen molar-refractivity contribution in [3.05, 3.63) is 70.0 Å². The summed E-state index contributed by atoms with van der Waals surface area (Å²) in [6.45, 7) is 3.40. The molecule has 0 N–H and O–H groups in total. The lowest BCUT2D eigenvalue weighted by atomic mass is 10.1. The van der Waals surface area contributed by atoms with Crippen molar-refractivity contribution in [1.82, 2.24) is 0 Å². The molecule has 186 valence electrons. The van der Waals surface area contributed by atoms with Crippen LogP contribution in [0.1, 0.15) is 91.2 Å². The predicted octanol–water partition coefficient (Wildman–Crippen LogP) is 7.21. The van der Waals surface area contributed by atoms with E-state index < -0.39 is 52.7 Å². The van der Waals surface area contributed by atoms with Crippen molar-refractivity contribution in [1.29, 1.82) is 0 Å². The number of hydrogen-bond acceptors (Lipinski definition) is 4. The van der Waals surface area contributed by atoms with Gasteiger partial charge in [-0.3, -0.25) is 0 Å². The van der Waals surface area contributed by atoms with E-state index in [1.165, 1.54) is 43.5 Å². The Morgan fingerprint density at radius 3 is 1.68 bits per heavy atom. The first-order valence-corrected chi connectivity index (χ1v) is 11.2. The minimum absolute atomic E-state index is 0.0839. The zero-order valence-electron chi connectivity index (χ0n) is 19.1. The molecule has 2 aromatic rings. The second-order valence-electron chi connectivity index (χ2n) is 7.87. The molecule has 0 saturated carbocycles. The molecular formula is C25H27F5O4. The first-order valence-electron chi connectivity index (χ1n) is 11.2. The lowest BCUT2D eigenvalue weighted by Crippen LogP contribution is -2.15. The Hall–Kier alpha value is -2.97. The summed E-state index contributed by atoms with van der Waals surface area (Å²) >= 11 is 0. The number of rotatable bonds is 12. The van der Waals surface area contributed by atoms with Gasteiger partial charge in [0.05, 0.1) is 23.3 Å². The Kier molecular flexibility index (Phi) is 10.5. The quantitative estimate of drug-likeness (QED) is 0.105. The molecule has 2 aromatic carbocycles. The van der Waals surface area contributed by atoms with Gasteiger partial charge in [-0.15, -0.1) is 0 Å². The molecule has 1 atom stereocenters. The maximum Gasteiger partial charge on any atom is 0.338 e. The molecule has 0 aromatic heterocycles. The predicted molar refractivity (Wildman–Crippen MR) is 115 cm³/mol. The fourth-order valence-electron chi connectivity index (χ4n) is 3.32. The minimum Gasteiger partial charge on any atom is -0.462 e. The molecule has 0 amide bonds. The highest BCUT2D eigenvalue weighted by atomic mass is 19.2. The average molecular weight is 486 g/mol. The first kappa shape index (κ1) is 27.3. The molecule has 0 fully saturated rings. The van der Waals surface area contributed by atoms with E-state index in [1.54, 1.807) is 0 Å². The van der Waals surface area contributed by atoms with Gasteiger partial charge in [-0.05, 0) is 37.6 Å². The lowest BCUT2D eigenvalue weighted by Gasteiger charge is -2.16. The largest absolute Gasteiger partial charge is 0.462 e. The van der Waals surface area contributed by atoms with Gasteiger partial charge >= 0.3 is 11.9 Å². The third-order valence-electron chi connectivity index (χ3n) is 5.27. The summed E-state index contributed by atoms with van der Waals surface area (Å²) < 4.78 is 77.9. The van der Waals surface area contributed by atoms with Crippen LogP contribution in [0.4, 0.5) is 22.0 Å². The number of carbonyl (C=O) groups excluding carboxylic acids is 2. The smallest absolute Gasteiger partial charge is 0.338 e. The molecule has 0 heterocycles. The highest BCUT2D eigenvalue weighted by molar-refractivity contribution is 5.93. The molecule has 0 aliphatic heterocycles. The molecule has 0 radical (unpaired) electrons. The van der Waals surface area contributed by atoms with Crippen molar-refractivity contribution in [2.24, 2.45) is 0 Å². The SMILES string of the molecule is CCCCCCCCCOC(=O)c1ccc(C(=O)OC(C)c2c(F)c(F)c(F)c(F)c2F)cc1. The topological polar surface area (TPSA) is 52.6 Å². The lowest BCUT2D eigenvalue weighted by molar-refractivity contribution is 0.0318. The number of halogens is 5. The van der Waals surface area contributed by atoms with E-state index in [0.29, 0.717) is 0 Å². The molecule has 0 bridgehead atoms. The van der Waals surface area contributed by atoms with Gasteiger partial charge in [0.1, 0.15) is 6.10 Å². The van der Waals surface area contributed by atoms with Gasteiger partial charge < -0.3 is 9.47 Å². The molecule has 0 aliphatic rings. The molecular weight excluding hydrogens is 459 g/mol. The molecule has 9 heteroatoms. The number of esters is 2. The molecule has 2 rings (SSSR count). The van der Waals surface area contributed by atoms with Crippen LogP contribution in [0.3, 0.4) is 0 Å². The fourth-order valence-corrected chi connectivity index (χ4v) is 3.32. The van der Waals surface area contributed by atoms with Crippen LogP contribution < -0.4 is 0 Å². The van der Waals surface area contributed by atoms with Crippen LogP contribution in [0.5, 0.6) is 0 Å². The van der Waals surface area contributed by atoms with Crippen molar-refractivity contribution >= 4 is 11.9 Å². The zero-order chi connectivity index (χ0) is 25.3. The summed E-state index contributed by atoms with van der Waals surface area (Å²) in [6.07, 6.45) is 5.78. The highest BCUT2D eigenvalue weighted by Gasteiger charge is 2.30. The average Bonchev–Trinajstić information content (AvgIpc) is 2.83. The summed E-state index contributed by atoms with van der Waals surface area (Å²) in [7, 11) is 0. The Morgan fingerprint density at radius 2 is 1.15 bits per heavy atom. The third-order valence-corrected chi connectivity index (χ3v) is 5.27. The molecule has 34 heavy (non-hydrogen) atoms. The Bertz CT molecular complexity index is 963. The number of unbranched alkanes of at least 4 members (excludes halogenated alkanes) is 6. The number of carbonyl (C=O) groups is 2. The van der Waals surface area contributed by atoms with Gasteiger partial charge in [-0.1, -0.05) is 45.4 Å². The maximum absolute atomic E-state index is 13.9. The van der Waals surface area contributed by atoms with E-state index in [1.807, 2.05) is 0 Å². The Balaban J connectivity index is 1.90. The summed E-state index contributed by atoms with van der Waals surface area (Å²) in [5.74, 6) is -12.3. The Labute approximate surface area is 195 Å². The summed E-state index contributed by atoms with van der Waals surface area (Å²) in [6, 6.07) is 5.09. The summed E-state index contributed by atoms with van der Waals surface area (Å²) in [4.78, 5) is 24.4. The summed E-state index contributed by atoms with van der Waals surface area (Å²) in [5, 5.41) is 0. The highest BCUT2D eigenvalue weighted by Crippen LogP contribution is 2.30. The van der Waals surface area contributed by atoms with Crippen molar-refractivity contribution in [3.63, 3.8) is 0 Å². The Morgan fingerprint density at radius 1 is 0.706 bits per heavy atom. The second kappa shape index (κ2) is 13.1. The van der Waals surface area contributed by atoms with Crippen molar-refractivity contribution in [3.8, 4) is 0 Å². The van der Waals surface area contributed by atoms with Gasteiger partial charge in [0.15, 0.2) is 23.3 Å². The van der Waals surface area contributed by atoms with Crippen LogP contribution in [0.25, 0.3) is 0 Å². The monoisotopic (exact) mass is 486 g/mol. The van der Waals surface area contributed by atoms with Crippen molar-refractivity contribution < 1.29 is 41.0 Å². The van der Waals surface area contributed by atoms with Crippen LogP contribution in [-0.4, -0.2) is 18.5 Å². The fraction of sp³-hybridized carbons (Fsp3) is 0.440. The van der Waals surface area contributed by atoms with Gasteiger partial charge in [0.2, 0.25) is 5.82 Å². The van der Waals surface area contributed by atoms with Gasteiger partial charge in [-0.2, -0.15) is 0 Å². The van der Waals surface area contributed by atoms with Gasteiger partial charge in [0, 0.05) is 0 Å². The molecule has 1 unspecified atom stereocenters. The van der Waals surface area contributed by atoms with Crippen LogP contribution >= 0.6 is 0 Å². The van der Waals surface area contributed by atoms with Gasteiger partial charge in [0.25, 0.3) is 0 Å². The standard InChI is InChI=1S/C25H27F5O4/c1-3-4-5-6-7-8-9-14-33-24(31)16-10-12-17(13-11-16)25(32)34-15(2)18-19(26)21(28)23(30)22(29)20(18)27/h10-13,15H,3-9,14H2,1-2H3. The van der Waals surface area contributed by atoms with Crippen LogP contribution in [0.2, 0.25) is 0 Å². The van der Waals surface area contributed by atoms with Crippen molar-refractivity contribution in [2.75, 3.05) is 6.61 Å². The molecule has 0 spiro atoms. The minimum atomic E-state index is -2.30. The molecule has 0 aliphatic carbocycles. The number of hydrogen-bond donors (Lipinski definition) is 0. The normalized spacial score (nSPS) is 11.9. The second-order valence-corrected chi connectivity index (χ2v) is 7.87. The molecule has 0 saturated heterocycles. The van der Waals surface area contributed by atoms with Crippen LogP contribution in [0.15, 0.2) is 24.3 Å². The van der Waals surface area contributed by atoms with E-state index >= 15 is 0 Å². The van der Waals surface area contributed by atoms with E-state index in [2.05, 4.69) is 6.92 Å². The number of ether oxygens (including phenoxy) is 2. The first-order chi connectivity index (χ1) is 16.2. The van der Waals surface area contributed by atoms with Gasteiger partial charge in [-0.25, -0.2) is 31.5 Å². The van der Waals surface area contributed by atoms with Crippen LogP contribution in [-0.2, 0) is 9.47 Å². The van der Waals surface area contributed by atoms with Crippen molar-refractivity contribution in [2.45, 2.75) is 64.9 Å². The summed E-state index contributed by atoms with van der Waals surface area (Å²) in [5.41, 5.74) is -1.15. The zero-order valence-corrected chi connectivity index (χ0v) is 19.1. The van der Waals surface area contributed by atoms with E-state index in [-0.39, 0.29) is 17.7 Å². The van der Waals surface area contributed by atoms with E-state index in [4.69, 9.17) is 9.47 Å². The van der Waals surface area contributed by atoms with Crippen LogP contribution in [0, 0.1) is 29.1 Å². The third kappa shape index (κ3) is 7.01. The maximum atomic E-state index is 13.9. The van der Waals surface area contributed by atoms with E-state index in [9.17, 15) is 31.5 Å².